The number of hydrogen-bond acceptors (Lipinski definition) is 2. The predicted octanol–water partition coefficient (Wildman–Crippen LogP) is 4.52. The number of nitrogens with one attached hydrogen (secondary N) is 2. The Labute approximate surface area is 129 Å². The Bertz CT molecular complexity index is 443. The Morgan fingerprint density at radius 2 is 1.95 bits per heavy atom. The third-order valence-corrected chi connectivity index (χ3v) is 3.60. The van der Waals surface area contributed by atoms with Crippen molar-refractivity contribution in [2.75, 3.05) is 11.9 Å². The molecular formula is C18H30N2O. The summed E-state index contributed by atoms with van der Waals surface area (Å²) in [6.45, 7) is 9.31. The lowest BCUT2D eigenvalue weighted by molar-refractivity contribution is 0.0938. The maximum atomic E-state index is 12.5. The van der Waals surface area contributed by atoms with Crippen molar-refractivity contribution in [3.8, 4) is 0 Å². The summed E-state index contributed by atoms with van der Waals surface area (Å²) in [6.07, 6.45) is 5.70. The number of carbonyl (C=O) groups excluding carboxylic acids is 1. The fourth-order valence-electron chi connectivity index (χ4n) is 2.33. The summed E-state index contributed by atoms with van der Waals surface area (Å²) in [5.74, 6) is 0.0290. The monoisotopic (exact) mass is 290 g/mol. The number of benzene rings is 1. The molecule has 0 radical (unpaired) electrons. The minimum Gasteiger partial charge on any atom is -0.384 e. The summed E-state index contributed by atoms with van der Waals surface area (Å²) < 4.78 is 0. The molecule has 0 aliphatic heterocycles. The average molecular weight is 290 g/mol. The second-order valence-corrected chi connectivity index (χ2v) is 5.85. The van der Waals surface area contributed by atoms with Crippen LogP contribution < -0.4 is 10.6 Å². The molecule has 0 fully saturated rings. The molecule has 3 heteroatoms. The number of anilines is 1. The Kier molecular flexibility index (Phi) is 7.88. The quantitative estimate of drug-likeness (QED) is 0.657. The molecule has 21 heavy (non-hydrogen) atoms. The normalized spacial score (nSPS) is 12.0. The van der Waals surface area contributed by atoms with E-state index in [1.165, 1.54) is 19.3 Å². The summed E-state index contributed by atoms with van der Waals surface area (Å²) in [5, 5.41) is 6.46. The lowest BCUT2D eigenvalue weighted by Crippen LogP contribution is -2.33. The zero-order chi connectivity index (χ0) is 15.7. The molecule has 1 aromatic rings. The van der Waals surface area contributed by atoms with Gasteiger partial charge in [0.05, 0.1) is 5.56 Å². The zero-order valence-corrected chi connectivity index (χ0v) is 14.0. The van der Waals surface area contributed by atoms with Crippen molar-refractivity contribution in [2.24, 2.45) is 0 Å². The number of hydrogen-bond donors (Lipinski definition) is 2. The molecule has 118 valence electrons. The second kappa shape index (κ2) is 9.43. The van der Waals surface area contributed by atoms with Gasteiger partial charge in [-0.1, -0.05) is 44.7 Å². The highest BCUT2D eigenvalue weighted by molar-refractivity contribution is 6.00. The summed E-state index contributed by atoms with van der Waals surface area (Å²) in [5.41, 5.74) is 2.80. The maximum Gasteiger partial charge on any atom is 0.253 e. The molecule has 0 saturated heterocycles. The van der Waals surface area contributed by atoms with E-state index in [1.54, 1.807) is 0 Å². The Hall–Kier alpha value is -1.51. The van der Waals surface area contributed by atoms with Crippen LogP contribution in [-0.4, -0.2) is 18.5 Å². The van der Waals surface area contributed by atoms with Crippen LogP contribution >= 0.6 is 0 Å². The van der Waals surface area contributed by atoms with E-state index in [9.17, 15) is 4.79 Å². The standard InChI is InChI=1S/C18H30N2O/c1-5-7-8-9-15(4)20-18(21)16-13-14(3)10-11-17(16)19-12-6-2/h10-11,13,15,19H,5-9,12H2,1-4H3,(H,20,21). The number of carbonyl (C=O) groups is 1. The van der Waals surface area contributed by atoms with Gasteiger partial charge in [-0.3, -0.25) is 4.79 Å². The molecule has 0 aliphatic rings. The van der Waals surface area contributed by atoms with Crippen molar-refractivity contribution in [2.45, 2.75) is 65.8 Å². The highest BCUT2D eigenvalue weighted by Crippen LogP contribution is 2.18. The van der Waals surface area contributed by atoms with Crippen molar-refractivity contribution in [3.63, 3.8) is 0 Å². The van der Waals surface area contributed by atoms with Crippen LogP contribution in [0.4, 0.5) is 5.69 Å². The molecule has 0 aromatic heterocycles. The largest absolute Gasteiger partial charge is 0.384 e. The van der Waals surface area contributed by atoms with Crippen LogP contribution in [0, 0.1) is 6.92 Å². The minimum atomic E-state index is 0.0290. The first-order valence-electron chi connectivity index (χ1n) is 8.23. The van der Waals surface area contributed by atoms with Gasteiger partial charge in [-0.05, 0) is 38.8 Å². The van der Waals surface area contributed by atoms with Crippen molar-refractivity contribution in [1.29, 1.82) is 0 Å². The molecule has 0 aliphatic carbocycles. The molecule has 1 rings (SSSR count). The zero-order valence-electron chi connectivity index (χ0n) is 14.0. The second-order valence-electron chi connectivity index (χ2n) is 5.85. The molecule has 1 atom stereocenters. The lowest BCUT2D eigenvalue weighted by atomic mass is 10.1. The first-order chi connectivity index (χ1) is 10.1. The van der Waals surface area contributed by atoms with Gasteiger partial charge in [0.25, 0.3) is 5.91 Å². The molecular weight excluding hydrogens is 260 g/mol. The lowest BCUT2D eigenvalue weighted by Gasteiger charge is -2.16. The molecule has 1 aromatic carbocycles. The van der Waals surface area contributed by atoms with Gasteiger partial charge in [-0.25, -0.2) is 0 Å². The van der Waals surface area contributed by atoms with Gasteiger partial charge in [0.15, 0.2) is 0 Å². The Morgan fingerprint density at radius 3 is 2.62 bits per heavy atom. The fourth-order valence-corrected chi connectivity index (χ4v) is 2.33. The molecule has 0 spiro atoms. The molecule has 1 amide bonds. The number of rotatable bonds is 9. The van der Waals surface area contributed by atoms with Crippen molar-refractivity contribution in [1.82, 2.24) is 5.32 Å². The summed E-state index contributed by atoms with van der Waals surface area (Å²) in [4.78, 5) is 12.5. The number of amides is 1. The molecule has 0 heterocycles. The number of aryl methyl sites for hydroxylation is 1. The van der Waals surface area contributed by atoms with E-state index in [2.05, 4.69) is 31.4 Å². The average Bonchev–Trinajstić information content (AvgIpc) is 2.46. The fraction of sp³-hybridized carbons (Fsp3) is 0.611. The SMILES string of the molecule is CCCCCC(C)NC(=O)c1cc(C)ccc1NCCC. The van der Waals surface area contributed by atoms with Crippen molar-refractivity contribution >= 4 is 11.6 Å². The molecule has 0 saturated carbocycles. The summed E-state index contributed by atoms with van der Waals surface area (Å²) in [6, 6.07) is 6.23. The third-order valence-electron chi connectivity index (χ3n) is 3.60. The van der Waals surface area contributed by atoms with Crippen LogP contribution in [0.5, 0.6) is 0 Å². The third kappa shape index (κ3) is 6.19. The van der Waals surface area contributed by atoms with Crippen LogP contribution in [0.2, 0.25) is 0 Å². The predicted molar refractivity (Wildman–Crippen MR) is 91.0 cm³/mol. The molecule has 0 bridgehead atoms. The maximum absolute atomic E-state index is 12.5. The van der Waals surface area contributed by atoms with E-state index in [0.717, 1.165) is 36.2 Å². The highest BCUT2D eigenvalue weighted by Gasteiger charge is 2.13. The van der Waals surface area contributed by atoms with Crippen LogP contribution in [0.1, 0.15) is 68.8 Å². The van der Waals surface area contributed by atoms with Gasteiger partial charge in [0, 0.05) is 18.3 Å². The van der Waals surface area contributed by atoms with E-state index >= 15 is 0 Å². The van der Waals surface area contributed by atoms with Gasteiger partial charge < -0.3 is 10.6 Å². The van der Waals surface area contributed by atoms with Gasteiger partial charge in [0.1, 0.15) is 0 Å². The van der Waals surface area contributed by atoms with Gasteiger partial charge >= 0.3 is 0 Å². The Balaban J connectivity index is 2.69. The van der Waals surface area contributed by atoms with E-state index < -0.39 is 0 Å². The smallest absolute Gasteiger partial charge is 0.253 e. The molecule has 2 N–H and O–H groups in total. The first-order valence-corrected chi connectivity index (χ1v) is 8.23. The van der Waals surface area contributed by atoms with Gasteiger partial charge in [0.2, 0.25) is 0 Å². The van der Waals surface area contributed by atoms with Crippen LogP contribution in [-0.2, 0) is 0 Å². The van der Waals surface area contributed by atoms with E-state index in [4.69, 9.17) is 0 Å². The summed E-state index contributed by atoms with van der Waals surface area (Å²) in [7, 11) is 0. The van der Waals surface area contributed by atoms with Crippen molar-refractivity contribution < 1.29 is 4.79 Å². The van der Waals surface area contributed by atoms with E-state index in [1.807, 2.05) is 25.1 Å². The Morgan fingerprint density at radius 1 is 1.19 bits per heavy atom. The van der Waals surface area contributed by atoms with Crippen molar-refractivity contribution in [3.05, 3.63) is 29.3 Å². The molecule has 1 unspecified atom stereocenters. The van der Waals surface area contributed by atoms with Crippen LogP contribution in [0.25, 0.3) is 0 Å². The van der Waals surface area contributed by atoms with Crippen LogP contribution in [0.3, 0.4) is 0 Å². The molecule has 3 nitrogen and oxygen atoms in total. The topological polar surface area (TPSA) is 41.1 Å². The first kappa shape index (κ1) is 17.5. The minimum absolute atomic E-state index is 0.0290. The summed E-state index contributed by atoms with van der Waals surface area (Å²) >= 11 is 0. The van der Waals surface area contributed by atoms with E-state index in [0.29, 0.717) is 0 Å². The van der Waals surface area contributed by atoms with E-state index in [-0.39, 0.29) is 11.9 Å². The number of unbranched alkanes of at least 4 members (excludes halogenated alkanes) is 2. The van der Waals surface area contributed by atoms with Gasteiger partial charge in [-0.2, -0.15) is 0 Å². The van der Waals surface area contributed by atoms with Gasteiger partial charge in [-0.15, -0.1) is 0 Å². The van der Waals surface area contributed by atoms with Crippen LogP contribution in [0.15, 0.2) is 18.2 Å². The highest BCUT2D eigenvalue weighted by atomic mass is 16.1.